The summed E-state index contributed by atoms with van der Waals surface area (Å²) in [5.74, 6) is 1.54. The summed E-state index contributed by atoms with van der Waals surface area (Å²) in [6, 6.07) is 8.68. The quantitative estimate of drug-likeness (QED) is 0.814. The molecule has 2 nitrogen and oxygen atoms in total. The number of ether oxygens (including phenoxy) is 1. The van der Waals surface area contributed by atoms with E-state index in [9.17, 15) is 0 Å². The zero-order valence-electron chi connectivity index (χ0n) is 13.0. The Morgan fingerprint density at radius 1 is 1.05 bits per heavy atom. The van der Waals surface area contributed by atoms with Crippen LogP contribution in [0.3, 0.4) is 0 Å². The average Bonchev–Trinajstić information content (AvgIpc) is 2.72. The van der Waals surface area contributed by atoms with Crippen LogP contribution in [0.25, 0.3) is 0 Å². The maximum Gasteiger partial charge on any atom is 0.119 e. The number of benzene rings is 1. The van der Waals surface area contributed by atoms with Gasteiger partial charge in [0.25, 0.3) is 0 Å². The summed E-state index contributed by atoms with van der Waals surface area (Å²) in [5.41, 5.74) is 7.75. The number of rotatable bonds is 5. The maximum atomic E-state index is 6.14. The van der Waals surface area contributed by atoms with Gasteiger partial charge < -0.3 is 10.5 Å². The van der Waals surface area contributed by atoms with Crippen LogP contribution < -0.4 is 10.5 Å². The summed E-state index contributed by atoms with van der Waals surface area (Å²) >= 11 is 0. The molecular weight excluding hydrogens is 246 g/mol. The van der Waals surface area contributed by atoms with Crippen molar-refractivity contribution in [2.24, 2.45) is 11.7 Å². The molecule has 2 N–H and O–H groups in total. The van der Waals surface area contributed by atoms with Crippen LogP contribution >= 0.6 is 0 Å². The van der Waals surface area contributed by atoms with E-state index >= 15 is 0 Å². The normalized spacial score (nSPS) is 18.8. The highest BCUT2D eigenvalue weighted by Gasteiger charge is 2.31. The van der Waals surface area contributed by atoms with E-state index in [4.69, 9.17) is 10.5 Å². The van der Waals surface area contributed by atoms with Gasteiger partial charge in [-0.2, -0.15) is 0 Å². The molecule has 0 aromatic heterocycles. The highest BCUT2D eigenvalue weighted by Crippen LogP contribution is 2.38. The molecule has 0 aliphatic heterocycles. The second kappa shape index (κ2) is 7.12. The van der Waals surface area contributed by atoms with Crippen molar-refractivity contribution in [3.8, 4) is 5.75 Å². The van der Waals surface area contributed by atoms with Gasteiger partial charge in [0, 0.05) is 12.0 Å². The molecule has 2 rings (SSSR count). The van der Waals surface area contributed by atoms with Crippen LogP contribution in [-0.2, 0) is 5.41 Å². The summed E-state index contributed by atoms with van der Waals surface area (Å²) in [7, 11) is 0. The van der Waals surface area contributed by atoms with Gasteiger partial charge in [0.2, 0.25) is 0 Å². The summed E-state index contributed by atoms with van der Waals surface area (Å²) < 4.78 is 5.77. The Morgan fingerprint density at radius 2 is 1.65 bits per heavy atom. The SMILES string of the molecule is CC(C)COc1ccc(C2(CN)CCCCCC2)cc1. The smallest absolute Gasteiger partial charge is 0.119 e. The summed E-state index contributed by atoms with van der Waals surface area (Å²) in [4.78, 5) is 0. The molecule has 0 unspecified atom stereocenters. The Kier molecular flexibility index (Phi) is 5.47. The van der Waals surface area contributed by atoms with Crippen molar-refractivity contribution in [1.82, 2.24) is 0 Å². The lowest BCUT2D eigenvalue weighted by Crippen LogP contribution is -2.34. The van der Waals surface area contributed by atoms with Crippen molar-refractivity contribution >= 4 is 0 Å². The van der Waals surface area contributed by atoms with Crippen molar-refractivity contribution in [3.63, 3.8) is 0 Å². The predicted octanol–water partition coefficient (Wildman–Crippen LogP) is 4.27. The van der Waals surface area contributed by atoms with E-state index in [1.165, 1.54) is 44.1 Å². The molecule has 1 aromatic rings. The van der Waals surface area contributed by atoms with Gasteiger partial charge in [-0.1, -0.05) is 51.7 Å². The van der Waals surface area contributed by atoms with E-state index in [-0.39, 0.29) is 5.41 Å². The van der Waals surface area contributed by atoms with E-state index in [1.54, 1.807) is 0 Å². The van der Waals surface area contributed by atoms with Gasteiger partial charge in [-0.15, -0.1) is 0 Å². The van der Waals surface area contributed by atoms with Crippen LogP contribution in [-0.4, -0.2) is 13.2 Å². The van der Waals surface area contributed by atoms with Crippen molar-refractivity contribution in [2.45, 2.75) is 57.8 Å². The predicted molar refractivity (Wildman–Crippen MR) is 85.2 cm³/mol. The molecule has 112 valence electrons. The van der Waals surface area contributed by atoms with Crippen LogP contribution in [0, 0.1) is 5.92 Å². The minimum atomic E-state index is 0.201. The number of hydrogen-bond acceptors (Lipinski definition) is 2. The highest BCUT2D eigenvalue weighted by molar-refractivity contribution is 5.33. The summed E-state index contributed by atoms with van der Waals surface area (Å²) in [5, 5.41) is 0. The average molecular weight is 275 g/mol. The Bertz CT molecular complexity index is 388. The van der Waals surface area contributed by atoms with Crippen LogP contribution in [0.2, 0.25) is 0 Å². The number of hydrogen-bond donors (Lipinski definition) is 1. The van der Waals surface area contributed by atoms with Crippen molar-refractivity contribution in [3.05, 3.63) is 29.8 Å². The standard InChI is InChI=1S/C18H29NO/c1-15(2)13-20-17-9-7-16(8-10-17)18(14-19)11-5-3-4-6-12-18/h7-10,15H,3-6,11-14,19H2,1-2H3. The van der Waals surface area contributed by atoms with Crippen LogP contribution in [0.5, 0.6) is 5.75 Å². The first kappa shape index (κ1) is 15.4. The van der Waals surface area contributed by atoms with Crippen molar-refractivity contribution in [1.29, 1.82) is 0 Å². The molecule has 1 aromatic carbocycles. The Morgan fingerprint density at radius 3 is 2.15 bits per heavy atom. The van der Waals surface area contributed by atoms with Crippen LogP contribution in [0.4, 0.5) is 0 Å². The fourth-order valence-electron chi connectivity index (χ4n) is 3.18. The first-order valence-corrected chi connectivity index (χ1v) is 8.10. The first-order valence-electron chi connectivity index (χ1n) is 8.10. The molecule has 0 bridgehead atoms. The molecule has 0 spiro atoms. The largest absolute Gasteiger partial charge is 0.493 e. The fourth-order valence-corrected chi connectivity index (χ4v) is 3.18. The molecule has 0 radical (unpaired) electrons. The monoisotopic (exact) mass is 275 g/mol. The molecule has 1 saturated carbocycles. The van der Waals surface area contributed by atoms with Gasteiger partial charge in [-0.3, -0.25) is 0 Å². The van der Waals surface area contributed by atoms with Gasteiger partial charge in [0.05, 0.1) is 6.61 Å². The van der Waals surface area contributed by atoms with E-state index in [2.05, 4.69) is 38.1 Å². The van der Waals surface area contributed by atoms with Gasteiger partial charge in [0.15, 0.2) is 0 Å². The van der Waals surface area contributed by atoms with Gasteiger partial charge >= 0.3 is 0 Å². The van der Waals surface area contributed by atoms with Gasteiger partial charge in [0.1, 0.15) is 5.75 Å². The summed E-state index contributed by atoms with van der Waals surface area (Å²) in [6.45, 7) is 5.88. The molecular formula is C18H29NO. The van der Waals surface area contributed by atoms with Crippen LogP contribution in [0.15, 0.2) is 24.3 Å². The Hall–Kier alpha value is -1.02. The molecule has 1 aliphatic rings. The Labute approximate surface area is 123 Å². The highest BCUT2D eigenvalue weighted by atomic mass is 16.5. The fraction of sp³-hybridized carbons (Fsp3) is 0.667. The molecule has 2 heteroatoms. The lowest BCUT2D eigenvalue weighted by molar-refractivity contribution is 0.270. The lowest BCUT2D eigenvalue weighted by Gasteiger charge is -2.32. The minimum absolute atomic E-state index is 0.201. The third-order valence-electron chi connectivity index (χ3n) is 4.50. The molecule has 0 heterocycles. The zero-order chi connectivity index (χ0) is 14.4. The Balaban J connectivity index is 2.10. The second-order valence-electron chi connectivity index (χ2n) is 6.63. The van der Waals surface area contributed by atoms with Crippen molar-refractivity contribution < 1.29 is 4.74 Å². The first-order chi connectivity index (χ1) is 9.66. The topological polar surface area (TPSA) is 35.2 Å². The van der Waals surface area contributed by atoms with E-state index in [0.29, 0.717) is 5.92 Å². The van der Waals surface area contributed by atoms with Gasteiger partial charge in [-0.25, -0.2) is 0 Å². The van der Waals surface area contributed by atoms with E-state index < -0.39 is 0 Å². The van der Waals surface area contributed by atoms with Crippen LogP contribution in [0.1, 0.15) is 57.9 Å². The molecule has 0 atom stereocenters. The third-order valence-corrected chi connectivity index (χ3v) is 4.50. The summed E-state index contributed by atoms with van der Waals surface area (Å²) in [6.07, 6.45) is 7.80. The second-order valence-corrected chi connectivity index (χ2v) is 6.63. The number of nitrogens with two attached hydrogens (primary N) is 1. The molecule has 0 saturated heterocycles. The zero-order valence-corrected chi connectivity index (χ0v) is 13.0. The third kappa shape index (κ3) is 3.76. The molecule has 0 amide bonds. The van der Waals surface area contributed by atoms with E-state index in [0.717, 1.165) is 18.9 Å². The van der Waals surface area contributed by atoms with E-state index in [1.807, 2.05) is 0 Å². The van der Waals surface area contributed by atoms with Gasteiger partial charge in [-0.05, 0) is 36.5 Å². The lowest BCUT2D eigenvalue weighted by atomic mass is 9.74. The minimum Gasteiger partial charge on any atom is -0.493 e. The molecule has 20 heavy (non-hydrogen) atoms. The molecule has 1 aliphatic carbocycles. The molecule has 1 fully saturated rings. The van der Waals surface area contributed by atoms with Crippen molar-refractivity contribution in [2.75, 3.05) is 13.2 Å². The maximum absolute atomic E-state index is 6.14.